The first-order valence-corrected chi connectivity index (χ1v) is 4.73. The van der Waals surface area contributed by atoms with E-state index in [-0.39, 0.29) is 17.0 Å². The van der Waals surface area contributed by atoms with E-state index in [0.29, 0.717) is 8.95 Å². The van der Waals surface area contributed by atoms with E-state index in [1.54, 1.807) is 0 Å². The highest BCUT2D eigenvalue weighted by Crippen LogP contribution is 2.38. The number of carbonyl (C=O) groups is 1. The molecular weight excluding hydrogens is 306 g/mol. The fraction of sp³-hybridized carbons (Fsp3) is 0. The number of hydrogen-bond acceptors (Lipinski definition) is 3. The van der Waals surface area contributed by atoms with Crippen LogP contribution in [0.2, 0.25) is 0 Å². The first-order valence-electron chi connectivity index (χ1n) is 3.15. The highest BCUT2D eigenvalue weighted by Gasteiger charge is 2.16. The second-order valence-corrected chi connectivity index (χ2v) is 3.93. The minimum Gasteiger partial charge on any atom is -0.505 e. The Kier molecular flexibility index (Phi) is 2.82. The molecule has 0 saturated heterocycles. The van der Waals surface area contributed by atoms with Crippen molar-refractivity contribution in [2.45, 2.75) is 0 Å². The Hall–Kier alpha value is -0.750. The Balaban J connectivity index is 3.50. The van der Waals surface area contributed by atoms with E-state index in [4.69, 9.17) is 10.8 Å². The summed E-state index contributed by atoms with van der Waals surface area (Å²) >= 11 is 6.12. The van der Waals surface area contributed by atoms with Crippen LogP contribution in [0.15, 0.2) is 15.0 Å². The molecule has 0 radical (unpaired) electrons. The molecule has 0 heterocycles. The zero-order valence-corrected chi connectivity index (χ0v) is 9.39. The van der Waals surface area contributed by atoms with Crippen LogP contribution in [0.4, 0.5) is 5.69 Å². The molecule has 4 nitrogen and oxygen atoms in total. The van der Waals surface area contributed by atoms with Crippen LogP contribution in [-0.4, -0.2) is 16.2 Å². The van der Waals surface area contributed by atoms with Crippen LogP contribution >= 0.6 is 31.9 Å². The van der Waals surface area contributed by atoms with E-state index in [1.807, 2.05) is 0 Å². The van der Waals surface area contributed by atoms with Crippen molar-refractivity contribution >= 4 is 43.5 Å². The summed E-state index contributed by atoms with van der Waals surface area (Å²) in [6, 6.07) is 1.32. The number of aromatic carboxylic acids is 1. The van der Waals surface area contributed by atoms with E-state index in [1.165, 1.54) is 6.07 Å². The van der Waals surface area contributed by atoms with Crippen LogP contribution in [-0.2, 0) is 0 Å². The van der Waals surface area contributed by atoms with Gasteiger partial charge in [-0.05, 0) is 37.9 Å². The van der Waals surface area contributed by atoms with Crippen LogP contribution in [0.3, 0.4) is 0 Å². The van der Waals surface area contributed by atoms with Crippen LogP contribution < -0.4 is 5.73 Å². The van der Waals surface area contributed by atoms with Gasteiger partial charge < -0.3 is 15.9 Å². The molecule has 70 valence electrons. The fourth-order valence-corrected chi connectivity index (χ4v) is 1.55. The Morgan fingerprint density at radius 2 is 2.00 bits per heavy atom. The summed E-state index contributed by atoms with van der Waals surface area (Å²) in [7, 11) is 0. The molecule has 0 aliphatic rings. The van der Waals surface area contributed by atoms with Crippen molar-refractivity contribution in [3.05, 3.63) is 20.6 Å². The van der Waals surface area contributed by atoms with Crippen molar-refractivity contribution in [3.8, 4) is 5.75 Å². The average molecular weight is 311 g/mol. The molecule has 0 saturated carbocycles. The van der Waals surface area contributed by atoms with Crippen molar-refractivity contribution in [1.29, 1.82) is 0 Å². The number of aromatic hydroxyl groups is 1. The van der Waals surface area contributed by atoms with E-state index in [9.17, 15) is 9.90 Å². The molecule has 0 aliphatic heterocycles. The van der Waals surface area contributed by atoms with Crippen molar-refractivity contribution in [3.63, 3.8) is 0 Å². The molecule has 1 aromatic carbocycles. The summed E-state index contributed by atoms with van der Waals surface area (Å²) in [6.45, 7) is 0. The number of nitrogen functional groups attached to an aromatic ring is 1. The maximum Gasteiger partial charge on any atom is 0.337 e. The largest absolute Gasteiger partial charge is 0.505 e. The Labute approximate surface area is 90.6 Å². The molecule has 6 heteroatoms. The Bertz CT molecular complexity index is 378. The first-order chi connectivity index (χ1) is 5.95. The van der Waals surface area contributed by atoms with Crippen molar-refractivity contribution in [2.24, 2.45) is 0 Å². The number of rotatable bonds is 1. The Morgan fingerprint density at radius 3 is 2.46 bits per heavy atom. The van der Waals surface area contributed by atoms with Gasteiger partial charge in [0.05, 0.1) is 15.7 Å². The van der Waals surface area contributed by atoms with Crippen LogP contribution in [0.1, 0.15) is 10.4 Å². The molecule has 13 heavy (non-hydrogen) atoms. The fourth-order valence-electron chi connectivity index (χ4n) is 0.804. The molecule has 1 rings (SSSR count). The van der Waals surface area contributed by atoms with Crippen molar-refractivity contribution in [1.82, 2.24) is 0 Å². The third-order valence-corrected chi connectivity index (χ3v) is 3.42. The maximum absolute atomic E-state index is 10.6. The van der Waals surface area contributed by atoms with Crippen molar-refractivity contribution in [2.75, 3.05) is 5.73 Å². The molecule has 1 aromatic rings. The minimum atomic E-state index is -1.18. The summed E-state index contributed by atoms with van der Waals surface area (Å²) in [5.41, 5.74) is 5.09. The standard InChI is InChI=1S/C7H5Br2NO3/c8-3-1-2(7(12)13)5(10)6(11)4(3)9/h1,11H,10H2,(H,12,13). The van der Waals surface area contributed by atoms with Crippen LogP contribution in [0, 0.1) is 0 Å². The minimum absolute atomic E-state index is 0.132. The number of benzene rings is 1. The number of nitrogens with two attached hydrogens (primary N) is 1. The van der Waals surface area contributed by atoms with Gasteiger partial charge in [0.2, 0.25) is 0 Å². The predicted octanol–water partition coefficient (Wildman–Crippen LogP) is 2.20. The van der Waals surface area contributed by atoms with Crippen LogP contribution in [0.5, 0.6) is 5.75 Å². The third-order valence-electron chi connectivity index (χ3n) is 1.46. The number of carboxylic acids is 1. The summed E-state index contributed by atoms with van der Waals surface area (Å²) in [4.78, 5) is 10.6. The highest BCUT2D eigenvalue weighted by atomic mass is 79.9. The monoisotopic (exact) mass is 309 g/mol. The van der Waals surface area contributed by atoms with Gasteiger partial charge in [0.1, 0.15) is 0 Å². The summed E-state index contributed by atoms with van der Waals surface area (Å²) in [6.07, 6.45) is 0. The van der Waals surface area contributed by atoms with Gasteiger partial charge in [0.25, 0.3) is 0 Å². The van der Waals surface area contributed by atoms with Gasteiger partial charge >= 0.3 is 5.97 Å². The van der Waals surface area contributed by atoms with Gasteiger partial charge in [-0.25, -0.2) is 4.79 Å². The summed E-state index contributed by atoms with van der Waals surface area (Å²) < 4.78 is 0.784. The predicted molar refractivity (Wildman–Crippen MR) is 54.9 cm³/mol. The molecule has 0 unspecified atom stereocenters. The zero-order chi connectivity index (χ0) is 10.2. The lowest BCUT2D eigenvalue weighted by Crippen LogP contribution is -2.02. The lowest BCUT2D eigenvalue weighted by atomic mass is 10.2. The van der Waals surface area contributed by atoms with Crippen molar-refractivity contribution < 1.29 is 15.0 Å². The number of carboxylic acid groups (broad SMARTS) is 1. The van der Waals surface area contributed by atoms with Gasteiger partial charge in [-0.15, -0.1) is 0 Å². The number of phenols is 1. The first kappa shape index (κ1) is 10.3. The van der Waals surface area contributed by atoms with Crippen LogP contribution in [0.25, 0.3) is 0 Å². The van der Waals surface area contributed by atoms with Gasteiger partial charge in [-0.3, -0.25) is 0 Å². The molecule has 0 aromatic heterocycles. The molecule has 4 N–H and O–H groups in total. The van der Waals surface area contributed by atoms with Gasteiger partial charge in [0.15, 0.2) is 5.75 Å². The lowest BCUT2D eigenvalue weighted by Gasteiger charge is -2.06. The van der Waals surface area contributed by atoms with E-state index in [0.717, 1.165) is 0 Å². The molecule has 0 amide bonds. The molecular formula is C7H5Br2NO3. The highest BCUT2D eigenvalue weighted by molar-refractivity contribution is 9.13. The Morgan fingerprint density at radius 1 is 1.46 bits per heavy atom. The molecule has 0 atom stereocenters. The SMILES string of the molecule is Nc1c(C(=O)O)cc(Br)c(Br)c1O. The smallest absolute Gasteiger partial charge is 0.337 e. The second-order valence-electron chi connectivity index (χ2n) is 2.29. The number of phenolic OH excluding ortho intramolecular Hbond substituents is 1. The zero-order valence-electron chi connectivity index (χ0n) is 6.21. The maximum atomic E-state index is 10.6. The quantitative estimate of drug-likeness (QED) is 0.548. The molecule has 0 aliphatic carbocycles. The topological polar surface area (TPSA) is 83.6 Å². The molecule has 0 fully saturated rings. The van der Waals surface area contributed by atoms with Gasteiger partial charge in [-0.1, -0.05) is 0 Å². The number of halogens is 2. The molecule has 0 spiro atoms. The van der Waals surface area contributed by atoms with Gasteiger partial charge in [-0.2, -0.15) is 0 Å². The normalized spacial score (nSPS) is 10.0. The summed E-state index contributed by atoms with van der Waals surface area (Å²) in [5.74, 6) is -1.45. The van der Waals surface area contributed by atoms with E-state index in [2.05, 4.69) is 31.9 Å². The van der Waals surface area contributed by atoms with E-state index >= 15 is 0 Å². The lowest BCUT2D eigenvalue weighted by molar-refractivity contribution is 0.0697. The average Bonchev–Trinajstić information content (AvgIpc) is 2.07. The molecule has 0 bridgehead atoms. The third kappa shape index (κ3) is 1.78. The number of hydrogen-bond donors (Lipinski definition) is 3. The van der Waals surface area contributed by atoms with E-state index < -0.39 is 5.97 Å². The number of anilines is 1. The summed E-state index contributed by atoms with van der Waals surface area (Å²) in [5, 5.41) is 18.0. The second kappa shape index (κ2) is 3.55. The van der Waals surface area contributed by atoms with Gasteiger partial charge in [0, 0.05) is 4.47 Å².